The number of likely N-dealkylation sites (tertiary alicyclic amines) is 1. The smallest absolute Gasteiger partial charge is 0.220 e. The molecule has 1 aromatic heterocycles. The minimum absolute atomic E-state index is 0.224. The Balaban J connectivity index is 1.55. The molecule has 20 heavy (non-hydrogen) atoms. The Morgan fingerprint density at radius 1 is 1.30 bits per heavy atom. The average molecular weight is 273 g/mol. The molecular weight excluding hydrogens is 250 g/mol. The van der Waals surface area contributed by atoms with Crippen LogP contribution in [0.15, 0.2) is 18.2 Å². The molecule has 1 amide bonds. The summed E-state index contributed by atoms with van der Waals surface area (Å²) >= 11 is 0. The van der Waals surface area contributed by atoms with Crippen LogP contribution in [0.2, 0.25) is 0 Å². The first-order chi connectivity index (χ1) is 9.65. The summed E-state index contributed by atoms with van der Waals surface area (Å²) in [6, 6.07) is 6.23. The molecule has 4 nitrogen and oxygen atoms in total. The van der Waals surface area contributed by atoms with Gasteiger partial charge in [-0.3, -0.25) is 14.7 Å². The second kappa shape index (κ2) is 5.52. The summed E-state index contributed by atoms with van der Waals surface area (Å²) < 4.78 is 0. The van der Waals surface area contributed by atoms with Crippen molar-refractivity contribution in [3.63, 3.8) is 0 Å². The van der Waals surface area contributed by atoms with Gasteiger partial charge >= 0.3 is 0 Å². The molecule has 2 saturated heterocycles. The maximum absolute atomic E-state index is 11.3. The number of hydrogen-bond donors (Lipinski definition) is 1. The lowest BCUT2D eigenvalue weighted by Crippen LogP contribution is -2.49. The van der Waals surface area contributed by atoms with Crippen molar-refractivity contribution < 1.29 is 4.79 Å². The zero-order chi connectivity index (χ0) is 14.0. The highest BCUT2D eigenvalue weighted by molar-refractivity contribution is 5.76. The van der Waals surface area contributed by atoms with E-state index in [2.05, 4.69) is 27.3 Å². The molecule has 1 N–H and O–H groups in total. The van der Waals surface area contributed by atoms with Crippen molar-refractivity contribution in [3.05, 3.63) is 29.6 Å². The molecular formula is C16H23N3O. The van der Waals surface area contributed by atoms with Crippen LogP contribution in [0.5, 0.6) is 0 Å². The van der Waals surface area contributed by atoms with Crippen LogP contribution < -0.4 is 5.32 Å². The summed E-state index contributed by atoms with van der Waals surface area (Å²) in [5.74, 6) is 0.224. The molecule has 2 aliphatic heterocycles. The number of rotatable bonds is 2. The van der Waals surface area contributed by atoms with Gasteiger partial charge in [-0.2, -0.15) is 0 Å². The molecule has 0 atom stereocenters. The molecule has 3 heterocycles. The third-order valence-corrected chi connectivity index (χ3v) is 4.79. The van der Waals surface area contributed by atoms with Crippen molar-refractivity contribution >= 4 is 5.91 Å². The lowest BCUT2D eigenvalue weighted by Gasteiger charge is -2.44. The van der Waals surface area contributed by atoms with E-state index >= 15 is 0 Å². The lowest BCUT2D eigenvalue weighted by molar-refractivity contribution is -0.125. The van der Waals surface area contributed by atoms with Crippen LogP contribution >= 0.6 is 0 Å². The van der Waals surface area contributed by atoms with Crippen LogP contribution in [0.1, 0.15) is 37.1 Å². The highest BCUT2D eigenvalue weighted by Crippen LogP contribution is 2.37. The zero-order valence-corrected chi connectivity index (χ0v) is 12.2. The van der Waals surface area contributed by atoms with Crippen LogP contribution in [0.25, 0.3) is 0 Å². The van der Waals surface area contributed by atoms with Gasteiger partial charge in [0.2, 0.25) is 5.91 Å². The number of amides is 1. The molecule has 0 unspecified atom stereocenters. The molecule has 0 saturated carbocycles. The monoisotopic (exact) mass is 273 g/mol. The van der Waals surface area contributed by atoms with E-state index < -0.39 is 0 Å². The maximum Gasteiger partial charge on any atom is 0.220 e. The van der Waals surface area contributed by atoms with Crippen LogP contribution in [0.3, 0.4) is 0 Å². The van der Waals surface area contributed by atoms with E-state index in [1.807, 2.05) is 13.0 Å². The fraction of sp³-hybridized carbons (Fsp3) is 0.625. The highest BCUT2D eigenvalue weighted by Gasteiger charge is 2.37. The van der Waals surface area contributed by atoms with Gasteiger partial charge < -0.3 is 5.32 Å². The van der Waals surface area contributed by atoms with Crippen molar-refractivity contribution in [1.29, 1.82) is 0 Å². The van der Waals surface area contributed by atoms with Crippen molar-refractivity contribution in [2.24, 2.45) is 5.41 Å². The second-order valence-corrected chi connectivity index (χ2v) is 6.32. The van der Waals surface area contributed by atoms with Gasteiger partial charge in [-0.05, 0) is 56.8 Å². The zero-order valence-electron chi connectivity index (χ0n) is 12.2. The first-order valence-electron chi connectivity index (χ1n) is 7.57. The van der Waals surface area contributed by atoms with E-state index in [0.717, 1.165) is 44.0 Å². The molecule has 0 aromatic carbocycles. The van der Waals surface area contributed by atoms with Gasteiger partial charge in [0.15, 0.2) is 0 Å². The minimum Gasteiger partial charge on any atom is -0.356 e. The normalized spacial score (nSPS) is 22.8. The Hall–Kier alpha value is -1.42. The molecule has 2 fully saturated rings. The largest absolute Gasteiger partial charge is 0.356 e. The molecule has 0 radical (unpaired) electrons. The molecule has 0 aliphatic carbocycles. The predicted molar refractivity (Wildman–Crippen MR) is 78.2 cm³/mol. The Morgan fingerprint density at radius 2 is 2.10 bits per heavy atom. The Kier molecular flexibility index (Phi) is 3.74. The topological polar surface area (TPSA) is 45.2 Å². The second-order valence-electron chi connectivity index (χ2n) is 6.32. The quantitative estimate of drug-likeness (QED) is 0.895. The van der Waals surface area contributed by atoms with Gasteiger partial charge in [0.1, 0.15) is 0 Å². The van der Waals surface area contributed by atoms with E-state index in [9.17, 15) is 4.79 Å². The standard InChI is InChI=1S/C16H23N3O/c1-13-3-2-4-14(18-13)11-19-9-7-16(8-10-19)6-5-15(20)17-12-16/h2-4H,5-12H2,1H3,(H,17,20). The fourth-order valence-corrected chi connectivity index (χ4v) is 3.37. The third-order valence-electron chi connectivity index (χ3n) is 4.79. The number of aryl methyl sites for hydroxylation is 1. The SMILES string of the molecule is Cc1cccc(CN2CCC3(CCC(=O)NC3)CC2)n1. The first-order valence-corrected chi connectivity index (χ1v) is 7.57. The van der Waals surface area contributed by atoms with E-state index in [-0.39, 0.29) is 5.91 Å². The van der Waals surface area contributed by atoms with Crippen LogP contribution in [0, 0.1) is 12.3 Å². The van der Waals surface area contributed by atoms with Gasteiger partial charge in [0, 0.05) is 25.2 Å². The van der Waals surface area contributed by atoms with Crippen LogP contribution in [-0.2, 0) is 11.3 Å². The summed E-state index contributed by atoms with van der Waals surface area (Å²) in [6.07, 6.45) is 4.16. The number of piperidine rings is 2. The van der Waals surface area contributed by atoms with E-state index in [0.29, 0.717) is 11.8 Å². The Labute approximate surface area is 120 Å². The molecule has 0 bridgehead atoms. The molecule has 3 rings (SSSR count). The van der Waals surface area contributed by atoms with Crippen LogP contribution in [-0.4, -0.2) is 35.4 Å². The molecule has 2 aliphatic rings. The first kappa shape index (κ1) is 13.6. The number of carbonyl (C=O) groups excluding carboxylic acids is 1. The van der Waals surface area contributed by atoms with E-state index in [4.69, 9.17) is 0 Å². The number of nitrogens with zero attached hydrogens (tertiary/aromatic N) is 2. The van der Waals surface area contributed by atoms with Gasteiger partial charge in [-0.15, -0.1) is 0 Å². The summed E-state index contributed by atoms with van der Waals surface area (Å²) in [7, 11) is 0. The average Bonchev–Trinajstić information content (AvgIpc) is 2.45. The number of pyridine rings is 1. The third kappa shape index (κ3) is 3.01. The van der Waals surface area contributed by atoms with E-state index in [1.54, 1.807) is 0 Å². The summed E-state index contributed by atoms with van der Waals surface area (Å²) in [5.41, 5.74) is 2.62. The highest BCUT2D eigenvalue weighted by atomic mass is 16.1. The van der Waals surface area contributed by atoms with Gasteiger partial charge in [0.25, 0.3) is 0 Å². The van der Waals surface area contributed by atoms with Gasteiger partial charge in [-0.1, -0.05) is 6.07 Å². The number of aromatic nitrogens is 1. The van der Waals surface area contributed by atoms with Gasteiger partial charge in [-0.25, -0.2) is 0 Å². The predicted octanol–water partition coefficient (Wildman–Crippen LogP) is 1.88. The number of nitrogens with one attached hydrogen (secondary N) is 1. The Morgan fingerprint density at radius 3 is 2.75 bits per heavy atom. The lowest BCUT2D eigenvalue weighted by atomic mass is 9.73. The molecule has 4 heteroatoms. The number of hydrogen-bond acceptors (Lipinski definition) is 3. The number of carbonyl (C=O) groups is 1. The van der Waals surface area contributed by atoms with Crippen molar-refractivity contribution in [2.75, 3.05) is 19.6 Å². The van der Waals surface area contributed by atoms with Crippen LogP contribution in [0.4, 0.5) is 0 Å². The summed E-state index contributed by atoms with van der Waals surface area (Å²) in [4.78, 5) is 18.4. The summed E-state index contributed by atoms with van der Waals surface area (Å²) in [5, 5.41) is 3.04. The molecule has 1 aromatic rings. The fourth-order valence-electron chi connectivity index (χ4n) is 3.37. The maximum atomic E-state index is 11.3. The molecule has 1 spiro atoms. The Bertz CT molecular complexity index is 480. The summed E-state index contributed by atoms with van der Waals surface area (Å²) in [6.45, 7) is 6.10. The minimum atomic E-state index is 0.224. The molecule has 108 valence electrons. The van der Waals surface area contributed by atoms with Crippen molar-refractivity contribution in [1.82, 2.24) is 15.2 Å². The van der Waals surface area contributed by atoms with E-state index in [1.165, 1.54) is 12.8 Å². The van der Waals surface area contributed by atoms with Gasteiger partial charge in [0.05, 0.1) is 5.69 Å². The van der Waals surface area contributed by atoms with Crippen molar-refractivity contribution in [2.45, 2.75) is 39.2 Å². The van der Waals surface area contributed by atoms with Crippen molar-refractivity contribution in [3.8, 4) is 0 Å².